The number of anilines is 1. The number of thiophene rings is 1. The molecule has 0 bridgehead atoms. The SMILES string of the molecule is CC(C)NC(=O)c1nn(-c2ccc([125I])cc2)c(=O)c2c(N)scc12. The third-order valence-electron chi connectivity index (χ3n) is 3.39. The molecule has 3 rings (SSSR count). The van der Waals surface area contributed by atoms with Gasteiger partial charge in [0, 0.05) is 20.4 Å². The van der Waals surface area contributed by atoms with Crippen molar-refractivity contribution in [3.8, 4) is 5.69 Å². The lowest BCUT2D eigenvalue weighted by molar-refractivity contribution is 0.0938. The maximum absolute atomic E-state index is 12.8. The van der Waals surface area contributed by atoms with Gasteiger partial charge in [0.2, 0.25) is 0 Å². The van der Waals surface area contributed by atoms with Crippen molar-refractivity contribution in [2.45, 2.75) is 19.9 Å². The minimum Gasteiger partial charge on any atom is -0.390 e. The molecule has 0 fully saturated rings. The van der Waals surface area contributed by atoms with Crippen LogP contribution in [0, 0.1) is 3.57 Å². The van der Waals surface area contributed by atoms with E-state index in [0.29, 0.717) is 21.5 Å². The van der Waals surface area contributed by atoms with E-state index in [0.717, 1.165) is 3.57 Å². The maximum atomic E-state index is 12.8. The Kier molecular flexibility index (Phi) is 4.59. The smallest absolute Gasteiger partial charge is 0.282 e. The first-order chi connectivity index (χ1) is 11.4. The number of halogens is 1. The van der Waals surface area contributed by atoms with Gasteiger partial charge in [0.25, 0.3) is 11.5 Å². The average Bonchev–Trinajstić information content (AvgIpc) is 2.90. The molecule has 2 aromatic heterocycles. The number of carbonyl (C=O) groups is 1. The zero-order valence-corrected chi connectivity index (χ0v) is 16.0. The van der Waals surface area contributed by atoms with Gasteiger partial charge in [-0.05, 0) is 60.7 Å². The number of nitrogen functional groups attached to an aromatic ring is 1. The second-order valence-corrected chi connectivity index (χ2v) is 7.72. The van der Waals surface area contributed by atoms with E-state index < -0.39 is 0 Å². The van der Waals surface area contributed by atoms with Crippen molar-refractivity contribution >= 4 is 55.6 Å². The highest BCUT2D eigenvalue weighted by Gasteiger charge is 2.20. The highest BCUT2D eigenvalue weighted by molar-refractivity contribution is 14.1. The highest BCUT2D eigenvalue weighted by Crippen LogP contribution is 2.27. The Hall–Kier alpha value is -1.94. The molecular weight excluding hydrogens is 437 g/mol. The van der Waals surface area contributed by atoms with E-state index in [2.05, 4.69) is 33.0 Å². The molecule has 124 valence electrons. The standard InChI is InChI=1S/C16H15IN4O2S/c1-8(2)19-15(22)13-11-7-24-14(18)12(11)16(23)21(20-13)10-5-3-9(17)4-6-10/h3-8H,18H2,1-2H3,(H,19,22)/i17-2. The van der Waals surface area contributed by atoms with Crippen LogP contribution in [-0.2, 0) is 0 Å². The number of aromatic nitrogens is 2. The molecule has 3 N–H and O–H groups in total. The number of carbonyl (C=O) groups excluding carboxylic acids is 1. The molecule has 0 atom stereocenters. The van der Waals surface area contributed by atoms with Crippen LogP contribution in [0.3, 0.4) is 0 Å². The zero-order chi connectivity index (χ0) is 17.4. The van der Waals surface area contributed by atoms with Gasteiger partial charge in [0.05, 0.1) is 16.1 Å². The molecule has 0 aliphatic carbocycles. The number of hydrogen-bond donors (Lipinski definition) is 2. The summed E-state index contributed by atoms with van der Waals surface area (Å²) in [5.41, 5.74) is 6.42. The van der Waals surface area contributed by atoms with Crippen molar-refractivity contribution in [2.24, 2.45) is 0 Å². The molecule has 8 heteroatoms. The van der Waals surface area contributed by atoms with Gasteiger partial charge in [-0.1, -0.05) is 0 Å². The first-order valence-electron chi connectivity index (χ1n) is 7.25. The number of nitrogens with two attached hydrogens (primary N) is 1. The van der Waals surface area contributed by atoms with Crippen LogP contribution in [0.5, 0.6) is 0 Å². The molecule has 0 aliphatic heterocycles. The predicted molar refractivity (Wildman–Crippen MR) is 105 cm³/mol. The summed E-state index contributed by atoms with van der Waals surface area (Å²) in [6, 6.07) is 7.28. The molecule has 0 radical (unpaired) electrons. The molecule has 0 spiro atoms. The Labute approximate surface area is 155 Å². The summed E-state index contributed by atoms with van der Waals surface area (Å²) in [6.07, 6.45) is 0. The number of amides is 1. The monoisotopic (exact) mass is 452 g/mol. The van der Waals surface area contributed by atoms with Crippen LogP contribution < -0.4 is 16.6 Å². The van der Waals surface area contributed by atoms with Gasteiger partial charge < -0.3 is 11.1 Å². The quantitative estimate of drug-likeness (QED) is 0.599. The van der Waals surface area contributed by atoms with Gasteiger partial charge >= 0.3 is 0 Å². The van der Waals surface area contributed by atoms with Crippen LogP contribution in [0.15, 0.2) is 34.4 Å². The van der Waals surface area contributed by atoms with Crippen molar-refractivity contribution in [3.63, 3.8) is 0 Å². The molecule has 0 unspecified atom stereocenters. The van der Waals surface area contributed by atoms with Crippen LogP contribution in [0.25, 0.3) is 16.5 Å². The average molecular weight is 452 g/mol. The third-order valence-corrected chi connectivity index (χ3v) is 4.92. The van der Waals surface area contributed by atoms with Gasteiger partial charge in [0.1, 0.15) is 0 Å². The van der Waals surface area contributed by atoms with Crippen LogP contribution in [-0.4, -0.2) is 21.7 Å². The maximum Gasteiger partial charge on any atom is 0.282 e. The van der Waals surface area contributed by atoms with Gasteiger partial charge in [-0.15, -0.1) is 11.3 Å². The van der Waals surface area contributed by atoms with E-state index in [1.807, 2.05) is 26.0 Å². The Morgan fingerprint density at radius 2 is 2.00 bits per heavy atom. The van der Waals surface area contributed by atoms with Gasteiger partial charge in [-0.3, -0.25) is 9.59 Å². The second-order valence-electron chi connectivity index (χ2n) is 5.56. The Morgan fingerprint density at radius 3 is 2.62 bits per heavy atom. The van der Waals surface area contributed by atoms with E-state index in [-0.39, 0.29) is 23.2 Å². The Balaban J connectivity index is 2.28. The summed E-state index contributed by atoms with van der Waals surface area (Å²) in [5.74, 6) is -0.327. The molecule has 24 heavy (non-hydrogen) atoms. The van der Waals surface area contributed by atoms with Crippen molar-refractivity contribution in [1.82, 2.24) is 15.1 Å². The van der Waals surface area contributed by atoms with E-state index in [1.165, 1.54) is 16.0 Å². The fourth-order valence-corrected chi connectivity index (χ4v) is 3.48. The second kappa shape index (κ2) is 6.52. The summed E-state index contributed by atoms with van der Waals surface area (Å²) in [5, 5.41) is 10.0. The minimum absolute atomic E-state index is 0.0379. The van der Waals surface area contributed by atoms with Crippen LogP contribution in [0.1, 0.15) is 24.3 Å². The van der Waals surface area contributed by atoms with E-state index in [1.54, 1.807) is 17.5 Å². The molecule has 1 aromatic carbocycles. The summed E-state index contributed by atoms with van der Waals surface area (Å²) in [7, 11) is 0. The summed E-state index contributed by atoms with van der Waals surface area (Å²) in [6.45, 7) is 3.73. The van der Waals surface area contributed by atoms with Crippen molar-refractivity contribution in [1.29, 1.82) is 0 Å². The lowest BCUT2D eigenvalue weighted by Gasteiger charge is -2.11. The number of hydrogen-bond acceptors (Lipinski definition) is 5. The summed E-state index contributed by atoms with van der Waals surface area (Å²) in [4.78, 5) is 25.3. The molecule has 0 saturated carbocycles. The van der Waals surface area contributed by atoms with Crippen LogP contribution in [0.2, 0.25) is 0 Å². The van der Waals surface area contributed by atoms with E-state index in [9.17, 15) is 9.59 Å². The first-order valence-corrected chi connectivity index (χ1v) is 9.21. The Bertz CT molecular complexity index is 976. The zero-order valence-electron chi connectivity index (χ0n) is 13.0. The molecule has 1 amide bonds. The number of nitrogens with zero attached hydrogens (tertiary/aromatic N) is 2. The normalized spacial score (nSPS) is 11.2. The molecule has 0 saturated heterocycles. The first kappa shape index (κ1) is 16.9. The Morgan fingerprint density at radius 1 is 1.33 bits per heavy atom. The molecule has 3 aromatic rings. The van der Waals surface area contributed by atoms with Gasteiger partial charge in [-0.2, -0.15) is 9.78 Å². The summed E-state index contributed by atoms with van der Waals surface area (Å²) >= 11 is 3.42. The van der Waals surface area contributed by atoms with E-state index in [4.69, 9.17) is 5.73 Å². The molecule has 6 nitrogen and oxygen atoms in total. The van der Waals surface area contributed by atoms with Crippen molar-refractivity contribution in [3.05, 3.63) is 49.3 Å². The highest BCUT2D eigenvalue weighted by atomic mass is 125. The predicted octanol–water partition coefficient (Wildman–Crippen LogP) is 2.77. The van der Waals surface area contributed by atoms with Crippen molar-refractivity contribution < 1.29 is 4.79 Å². The number of rotatable bonds is 3. The van der Waals surface area contributed by atoms with Crippen LogP contribution >= 0.6 is 33.9 Å². The molecule has 0 aliphatic rings. The number of fused-ring (bicyclic) bond motifs is 1. The number of benzene rings is 1. The number of nitrogens with one attached hydrogen (secondary N) is 1. The summed E-state index contributed by atoms with van der Waals surface area (Å²) < 4.78 is 2.27. The van der Waals surface area contributed by atoms with Crippen molar-refractivity contribution in [2.75, 3.05) is 5.73 Å². The lowest BCUT2D eigenvalue weighted by Crippen LogP contribution is -2.33. The molecule has 2 heterocycles. The molecular formula is C16H15IN4O2S. The third kappa shape index (κ3) is 3.03. The fraction of sp³-hybridized carbons (Fsp3) is 0.188. The lowest BCUT2D eigenvalue weighted by atomic mass is 10.2. The largest absolute Gasteiger partial charge is 0.390 e. The van der Waals surface area contributed by atoms with Crippen LogP contribution in [0.4, 0.5) is 5.00 Å². The topological polar surface area (TPSA) is 90.0 Å². The minimum atomic E-state index is -0.328. The van der Waals surface area contributed by atoms with Gasteiger partial charge in [0.15, 0.2) is 5.69 Å². The van der Waals surface area contributed by atoms with E-state index >= 15 is 0 Å². The fourth-order valence-electron chi connectivity index (χ4n) is 2.33. The van der Waals surface area contributed by atoms with Gasteiger partial charge in [-0.25, -0.2) is 0 Å².